The van der Waals surface area contributed by atoms with Crippen molar-refractivity contribution in [1.82, 2.24) is 4.98 Å². The third kappa shape index (κ3) is 5.28. The maximum atomic E-state index is 14.2. The predicted molar refractivity (Wildman–Crippen MR) is 137 cm³/mol. The summed E-state index contributed by atoms with van der Waals surface area (Å²) in [5.41, 5.74) is 1.46. The summed E-state index contributed by atoms with van der Waals surface area (Å²) in [6, 6.07) is 20.4. The van der Waals surface area contributed by atoms with Crippen LogP contribution in [0.4, 0.5) is 20.2 Å². The Kier molecular flexibility index (Phi) is 6.92. The van der Waals surface area contributed by atoms with Gasteiger partial charge in [0.15, 0.2) is 5.58 Å². The molecular weight excluding hydrogens is 492 g/mol. The molecule has 2 aromatic heterocycles. The summed E-state index contributed by atoms with van der Waals surface area (Å²) < 4.78 is 39.4. The van der Waals surface area contributed by atoms with Gasteiger partial charge in [-0.05, 0) is 61.5 Å². The number of carbonyl (C=O) groups excluding carboxylic acids is 1. The Balaban J connectivity index is 1.58. The monoisotopic (exact) mass is 513 g/mol. The maximum absolute atomic E-state index is 14.2. The van der Waals surface area contributed by atoms with Gasteiger partial charge in [-0.3, -0.25) is 9.78 Å². The van der Waals surface area contributed by atoms with Crippen molar-refractivity contribution in [3.63, 3.8) is 0 Å². The number of carbonyl (C=O) groups is 1. The Labute approximate surface area is 215 Å². The van der Waals surface area contributed by atoms with Gasteiger partial charge in [0, 0.05) is 23.2 Å². The Morgan fingerprint density at radius 3 is 2.47 bits per heavy atom. The highest BCUT2D eigenvalue weighted by molar-refractivity contribution is 6.05. The van der Waals surface area contributed by atoms with Crippen LogP contribution in [0.3, 0.4) is 0 Å². The van der Waals surface area contributed by atoms with Crippen LogP contribution in [-0.4, -0.2) is 16.0 Å². The van der Waals surface area contributed by atoms with Crippen LogP contribution in [0.2, 0.25) is 0 Å². The van der Waals surface area contributed by atoms with E-state index in [9.17, 15) is 18.7 Å². The number of hydrogen-bond acceptors (Lipinski definition) is 6. The number of fused-ring (bicyclic) bond motifs is 1. The first-order valence-corrected chi connectivity index (χ1v) is 11.6. The van der Waals surface area contributed by atoms with Gasteiger partial charge in [-0.1, -0.05) is 18.2 Å². The number of hydrogen-bond donors (Lipinski definition) is 2. The largest absolute Gasteiger partial charge is 0.457 e. The van der Waals surface area contributed by atoms with E-state index in [0.29, 0.717) is 45.5 Å². The fourth-order valence-electron chi connectivity index (χ4n) is 3.77. The van der Waals surface area contributed by atoms with Crippen molar-refractivity contribution < 1.29 is 27.8 Å². The molecule has 0 atom stereocenters. The topological polar surface area (TPSA) is 97.0 Å². The molecule has 0 saturated heterocycles. The van der Waals surface area contributed by atoms with Gasteiger partial charge >= 0.3 is 0 Å². The highest BCUT2D eigenvalue weighted by atomic mass is 19.1. The Morgan fingerprint density at radius 1 is 1.03 bits per heavy atom. The minimum Gasteiger partial charge on any atom is -0.457 e. The molecule has 7 nitrogen and oxygen atoms in total. The SMILES string of the molecule is Cc1ncc(CO)c2cc(C(=O)Nc3ccc(F)cc3F)c(=Nc3ccc(Oc4ccccc4)cc3)oc12. The molecular formula is C29H21F2N3O4. The molecule has 5 aromatic rings. The number of aromatic nitrogens is 1. The molecule has 0 aliphatic heterocycles. The van der Waals surface area contributed by atoms with Crippen LogP contribution in [0, 0.1) is 18.6 Å². The maximum Gasteiger partial charge on any atom is 0.261 e. The summed E-state index contributed by atoms with van der Waals surface area (Å²) in [7, 11) is 0. The highest BCUT2D eigenvalue weighted by Crippen LogP contribution is 2.25. The van der Waals surface area contributed by atoms with Gasteiger partial charge in [0.1, 0.15) is 28.7 Å². The van der Waals surface area contributed by atoms with E-state index in [1.807, 2.05) is 30.3 Å². The van der Waals surface area contributed by atoms with Crippen LogP contribution in [0.1, 0.15) is 21.6 Å². The zero-order chi connectivity index (χ0) is 26.6. The van der Waals surface area contributed by atoms with Gasteiger partial charge < -0.3 is 19.6 Å². The molecule has 2 N–H and O–H groups in total. The molecule has 0 saturated carbocycles. The Bertz CT molecular complexity index is 1700. The standard InChI is InChI=1S/C29H21F2N3O4/c1-17-27-23(18(16-35)15-32-17)14-24(28(36)34-26-12-7-19(30)13-25(26)31)29(38-27)33-20-8-10-22(11-9-20)37-21-5-3-2-4-6-21/h2-15,35H,16H2,1H3,(H,34,36). The van der Waals surface area contributed by atoms with Gasteiger partial charge in [0.25, 0.3) is 5.91 Å². The number of para-hydroxylation sites is 1. The van der Waals surface area contributed by atoms with Crippen LogP contribution in [0.15, 0.2) is 94.5 Å². The number of pyridine rings is 1. The summed E-state index contributed by atoms with van der Waals surface area (Å²) in [4.78, 5) is 22.0. The Hall–Kier alpha value is -4.89. The number of rotatable bonds is 6. The molecule has 0 aliphatic carbocycles. The number of aliphatic hydroxyl groups is 1. The van der Waals surface area contributed by atoms with Crippen LogP contribution in [0.5, 0.6) is 11.5 Å². The number of aliphatic hydroxyl groups excluding tert-OH is 1. The molecule has 0 spiro atoms. The molecule has 1 amide bonds. The van der Waals surface area contributed by atoms with Crippen molar-refractivity contribution in [2.75, 3.05) is 5.32 Å². The zero-order valence-electron chi connectivity index (χ0n) is 20.1. The lowest BCUT2D eigenvalue weighted by atomic mass is 10.1. The zero-order valence-corrected chi connectivity index (χ0v) is 20.1. The number of nitrogens with one attached hydrogen (secondary N) is 1. The third-order valence-corrected chi connectivity index (χ3v) is 5.69. The second-order valence-electron chi connectivity index (χ2n) is 8.33. The normalized spacial score (nSPS) is 11.5. The molecule has 3 aromatic carbocycles. The van der Waals surface area contributed by atoms with Crippen LogP contribution in [-0.2, 0) is 6.61 Å². The van der Waals surface area contributed by atoms with E-state index in [1.165, 1.54) is 12.3 Å². The fraction of sp³-hybridized carbons (Fsp3) is 0.0690. The molecule has 9 heteroatoms. The average molecular weight is 514 g/mol. The number of benzene rings is 3. The first-order valence-electron chi connectivity index (χ1n) is 11.6. The van der Waals surface area contributed by atoms with Gasteiger partial charge in [0.2, 0.25) is 5.55 Å². The number of amides is 1. The van der Waals surface area contributed by atoms with Gasteiger partial charge in [-0.15, -0.1) is 0 Å². The number of anilines is 1. The third-order valence-electron chi connectivity index (χ3n) is 5.69. The summed E-state index contributed by atoms with van der Waals surface area (Å²) >= 11 is 0. The van der Waals surface area contributed by atoms with Gasteiger partial charge in [-0.2, -0.15) is 0 Å². The number of ether oxygens (including phenoxy) is 1. The molecule has 0 unspecified atom stereocenters. The molecule has 0 bridgehead atoms. The van der Waals surface area contributed by atoms with Gasteiger partial charge in [-0.25, -0.2) is 13.8 Å². The second-order valence-corrected chi connectivity index (χ2v) is 8.33. The first kappa shape index (κ1) is 24.8. The van der Waals surface area contributed by atoms with Crippen molar-refractivity contribution in [3.05, 3.63) is 119 Å². The Morgan fingerprint density at radius 2 is 1.76 bits per heavy atom. The van der Waals surface area contributed by atoms with E-state index in [2.05, 4.69) is 15.3 Å². The van der Waals surface area contributed by atoms with E-state index in [0.717, 1.165) is 12.1 Å². The lowest BCUT2D eigenvalue weighted by molar-refractivity contribution is 0.102. The summed E-state index contributed by atoms with van der Waals surface area (Å²) in [6.45, 7) is 1.38. The minimum absolute atomic E-state index is 0.0221. The van der Waals surface area contributed by atoms with Crippen molar-refractivity contribution in [2.24, 2.45) is 4.99 Å². The van der Waals surface area contributed by atoms with Crippen molar-refractivity contribution in [2.45, 2.75) is 13.5 Å². The van der Waals surface area contributed by atoms with Crippen molar-refractivity contribution in [3.8, 4) is 11.5 Å². The number of aryl methyl sites for hydroxylation is 1. The molecule has 2 heterocycles. The number of halogens is 2. The first-order chi connectivity index (χ1) is 18.4. The quantitative estimate of drug-likeness (QED) is 0.283. The lowest BCUT2D eigenvalue weighted by Crippen LogP contribution is -2.22. The summed E-state index contributed by atoms with van der Waals surface area (Å²) in [6.07, 6.45) is 1.48. The summed E-state index contributed by atoms with van der Waals surface area (Å²) in [5.74, 6) is -1.17. The van der Waals surface area contributed by atoms with Gasteiger partial charge in [0.05, 0.1) is 23.7 Å². The van der Waals surface area contributed by atoms with Crippen LogP contribution in [0.25, 0.3) is 11.0 Å². The fourth-order valence-corrected chi connectivity index (χ4v) is 3.77. The van der Waals surface area contributed by atoms with E-state index in [4.69, 9.17) is 9.15 Å². The van der Waals surface area contributed by atoms with E-state index >= 15 is 0 Å². The smallest absolute Gasteiger partial charge is 0.261 e. The van der Waals surface area contributed by atoms with Crippen LogP contribution < -0.4 is 15.6 Å². The van der Waals surface area contributed by atoms with Crippen molar-refractivity contribution >= 4 is 28.3 Å². The molecule has 38 heavy (non-hydrogen) atoms. The summed E-state index contributed by atoms with van der Waals surface area (Å²) in [5, 5.41) is 12.7. The molecule has 0 fully saturated rings. The second kappa shape index (κ2) is 10.6. The lowest BCUT2D eigenvalue weighted by Gasteiger charge is -2.10. The molecule has 5 rings (SSSR count). The molecule has 190 valence electrons. The highest BCUT2D eigenvalue weighted by Gasteiger charge is 2.18. The molecule has 0 aliphatic rings. The minimum atomic E-state index is -0.931. The number of nitrogens with zero attached hydrogens (tertiary/aromatic N) is 2. The van der Waals surface area contributed by atoms with E-state index in [-0.39, 0.29) is 23.4 Å². The average Bonchev–Trinajstić information content (AvgIpc) is 2.92. The predicted octanol–water partition coefficient (Wildman–Crippen LogP) is 6.18. The molecule has 0 radical (unpaired) electrons. The van der Waals surface area contributed by atoms with Crippen LogP contribution >= 0.6 is 0 Å². The van der Waals surface area contributed by atoms with E-state index < -0.39 is 17.5 Å². The van der Waals surface area contributed by atoms with Crippen molar-refractivity contribution in [1.29, 1.82) is 0 Å². The van der Waals surface area contributed by atoms with E-state index in [1.54, 1.807) is 31.2 Å².